The zero-order valence-corrected chi connectivity index (χ0v) is 22.4. The van der Waals surface area contributed by atoms with E-state index in [-0.39, 0.29) is 24.9 Å². The van der Waals surface area contributed by atoms with Gasteiger partial charge in [-0.05, 0) is 41.3 Å². The van der Waals surface area contributed by atoms with Gasteiger partial charge in [0.15, 0.2) is 6.61 Å². The van der Waals surface area contributed by atoms with Crippen molar-refractivity contribution in [2.24, 2.45) is 0 Å². The van der Waals surface area contributed by atoms with Gasteiger partial charge in [0, 0.05) is 39.8 Å². The zero-order valence-electron chi connectivity index (χ0n) is 20.0. The summed E-state index contributed by atoms with van der Waals surface area (Å²) in [7, 11) is -2.07. The number of hydrogen-bond donors (Lipinski definition) is 0. The molecule has 0 unspecified atom stereocenters. The molecule has 1 saturated heterocycles. The zero-order chi connectivity index (χ0) is 24.7. The lowest BCUT2D eigenvalue weighted by atomic mass is 10.2. The molecular weight excluding hydrogens is 518 g/mol. The van der Waals surface area contributed by atoms with Crippen LogP contribution in [0.15, 0.2) is 82.4 Å². The summed E-state index contributed by atoms with van der Waals surface area (Å²) >= 11 is 1.18. The largest absolute Gasteiger partial charge is 1.00 e. The van der Waals surface area contributed by atoms with Crippen molar-refractivity contribution in [1.82, 2.24) is 9.80 Å². The van der Waals surface area contributed by atoms with Gasteiger partial charge >= 0.3 is 0 Å². The summed E-state index contributed by atoms with van der Waals surface area (Å²) in [5, 5.41) is 1.73. The first-order chi connectivity index (χ1) is 16.9. The van der Waals surface area contributed by atoms with Crippen LogP contribution in [0.4, 0.5) is 5.69 Å². The molecule has 1 aliphatic rings. The number of piperazine rings is 1. The van der Waals surface area contributed by atoms with Crippen LogP contribution in [0.2, 0.25) is 0 Å². The minimum atomic E-state index is -3.58. The average molecular weight is 547 g/mol. The van der Waals surface area contributed by atoms with Crippen molar-refractivity contribution in [1.29, 1.82) is 0 Å². The minimum absolute atomic E-state index is 0. The maximum atomic E-state index is 12.7. The summed E-state index contributed by atoms with van der Waals surface area (Å²) in [4.78, 5) is 16.7. The molecule has 0 radical (unpaired) electrons. The van der Waals surface area contributed by atoms with Gasteiger partial charge < -0.3 is 22.0 Å². The van der Waals surface area contributed by atoms with E-state index < -0.39 is 10.0 Å². The molecule has 1 amide bonds. The second kappa shape index (κ2) is 12.9. The Hall–Kier alpha value is -2.85. The van der Waals surface area contributed by atoms with Crippen molar-refractivity contribution >= 4 is 39.0 Å². The van der Waals surface area contributed by atoms with Gasteiger partial charge in [0.05, 0.1) is 5.69 Å². The van der Waals surface area contributed by atoms with E-state index in [2.05, 4.69) is 29.2 Å². The standard InChI is InChI=1S/C26H29N3O4S2.ClH/c1-27(35(31,32)26-10-6-20-34-26)23-11-13-24(14-12-23)33-21-25(30)29-18-16-28(17-19-29)15-5-9-22-7-3-2-4-8-22;/h2-14,20H,15-19,21H2,1H3;1H/p-1/b9-5+;. The van der Waals surface area contributed by atoms with E-state index in [1.807, 2.05) is 23.1 Å². The monoisotopic (exact) mass is 546 g/mol. The predicted molar refractivity (Wildman–Crippen MR) is 140 cm³/mol. The van der Waals surface area contributed by atoms with Crippen molar-refractivity contribution < 1.29 is 30.4 Å². The Balaban J connectivity index is 0.00000361. The highest BCUT2D eigenvalue weighted by Crippen LogP contribution is 2.26. The molecule has 0 bridgehead atoms. The topological polar surface area (TPSA) is 70.2 Å². The van der Waals surface area contributed by atoms with Gasteiger partial charge in [0.25, 0.3) is 15.9 Å². The van der Waals surface area contributed by atoms with Crippen molar-refractivity contribution in [3.05, 3.63) is 83.7 Å². The number of nitrogens with zero attached hydrogens (tertiary/aromatic N) is 3. The number of thiophene rings is 1. The maximum Gasteiger partial charge on any atom is 0.273 e. The van der Waals surface area contributed by atoms with Gasteiger partial charge in [-0.25, -0.2) is 8.42 Å². The lowest BCUT2D eigenvalue weighted by Crippen LogP contribution is -3.00. The van der Waals surface area contributed by atoms with Crippen molar-refractivity contribution in [3.8, 4) is 5.75 Å². The van der Waals surface area contributed by atoms with Crippen molar-refractivity contribution in [2.75, 3.05) is 50.7 Å². The van der Waals surface area contributed by atoms with Gasteiger partial charge in [-0.1, -0.05) is 48.6 Å². The second-order valence-electron chi connectivity index (χ2n) is 8.18. The molecule has 0 spiro atoms. The van der Waals surface area contributed by atoms with Crippen LogP contribution in [-0.2, 0) is 14.8 Å². The number of ether oxygens (including phenoxy) is 1. The smallest absolute Gasteiger partial charge is 0.273 e. The first-order valence-electron chi connectivity index (χ1n) is 11.4. The van der Waals surface area contributed by atoms with E-state index in [1.54, 1.807) is 41.8 Å². The van der Waals surface area contributed by atoms with Crippen molar-refractivity contribution in [2.45, 2.75) is 4.21 Å². The number of carbonyl (C=O) groups excluding carboxylic acids is 1. The number of halogens is 1. The molecule has 7 nitrogen and oxygen atoms in total. The Labute approximate surface area is 223 Å². The first-order valence-corrected chi connectivity index (χ1v) is 13.7. The molecule has 2 aromatic carbocycles. The fourth-order valence-electron chi connectivity index (χ4n) is 3.75. The molecule has 0 saturated carbocycles. The first kappa shape index (κ1) is 27.7. The Morgan fingerprint density at radius 1 is 1.00 bits per heavy atom. The SMILES string of the molecule is CN(c1ccc(OCC(=O)N2CCN(C/C=C/c3ccccc3)CC2)cc1)S(=O)(=O)c1cccs1.[Cl-]. The molecule has 10 heteroatoms. The Bertz CT molecular complexity index is 1230. The predicted octanol–water partition coefficient (Wildman–Crippen LogP) is 0.814. The quantitative estimate of drug-likeness (QED) is 0.397. The normalized spacial score (nSPS) is 14.4. The highest BCUT2D eigenvalue weighted by molar-refractivity contribution is 7.94. The van der Waals surface area contributed by atoms with Crippen LogP contribution in [0.25, 0.3) is 6.08 Å². The second-order valence-corrected chi connectivity index (χ2v) is 11.3. The van der Waals surface area contributed by atoms with Gasteiger partial charge in [-0.2, -0.15) is 0 Å². The molecular formula is C26H29ClN3O4S2-. The molecule has 192 valence electrons. The summed E-state index contributed by atoms with van der Waals surface area (Å²) in [5.41, 5.74) is 1.71. The number of carbonyl (C=O) groups is 1. The number of hydrogen-bond acceptors (Lipinski definition) is 6. The lowest BCUT2D eigenvalue weighted by molar-refractivity contribution is -0.135. The molecule has 0 atom stereocenters. The summed E-state index contributed by atoms with van der Waals surface area (Å²) in [6.45, 7) is 3.81. The van der Waals surface area contributed by atoms with E-state index in [0.717, 1.165) is 19.6 Å². The molecule has 1 aliphatic heterocycles. The summed E-state index contributed by atoms with van der Waals surface area (Å²) < 4.78 is 32.5. The Kier molecular flexibility index (Phi) is 9.95. The van der Waals surface area contributed by atoms with E-state index in [9.17, 15) is 13.2 Å². The third-order valence-electron chi connectivity index (χ3n) is 5.87. The van der Waals surface area contributed by atoms with E-state index in [4.69, 9.17) is 4.74 Å². The Morgan fingerprint density at radius 2 is 1.69 bits per heavy atom. The lowest BCUT2D eigenvalue weighted by Gasteiger charge is -2.34. The Morgan fingerprint density at radius 3 is 2.33 bits per heavy atom. The maximum absolute atomic E-state index is 12.7. The number of benzene rings is 2. The van der Waals surface area contributed by atoms with E-state index in [1.165, 1.54) is 28.3 Å². The summed E-state index contributed by atoms with van der Waals surface area (Å²) in [5.74, 6) is 0.472. The molecule has 3 aromatic rings. The fraction of sp³-hybridized carbons (Fsp3) is 0.269. The number of anilines is 1. The summed E-state index contributed by atoms with van der Waals surface area (Å²) in [6.07, 6.45) is 4.27. The summed E-state index contributed by atoms with van der Waals surface area (Å²) in [6, 6.07) is 20.2. The van der Waals surface area contributed by atoms with Crippen LogP contribution in [0.5, 0.6) is 5.75 Å². The van der Waals surface area contributed by atoms with E-state index in [0.29, 0.717) is 28.7 Å². The molecule has 1 aromatic heterocycles. The third kappa shape index (κ3) is 7.10. The number of sulfonamides is 1. The fourth-order valence-corrected chi connectivity index (χ4v) is 6.11. The number of rotatable bonds is 9. The minimum Gasteiger partial charge on any atom is -1.00 e. The molecule has 0 N–H and O–H groups in total. The molecule has 2 heterocycles. The van der Waals surface area contributed by atoms with Gasteiger partial charge in [-0.15, -0.1) is 11.3 Å². The molecule has 0 aliphatic carbocycles. The van der Waals surface area contributed by atoms with Crippen LogP contribution in [0.1, 0.15) is 5.56 Å². The van der Waals surface area contributed by atoms with E-state index >= 15 is 0 Å². The van der Waals surface area contributed by atoms with Crippen LogP contribution in [-0.4, -0.2) is 70.5 Å². The van der Waals surface area contributed by atoms with Gasteiger partial charge in [0.1, 0.15) is 9.96 Å². The van der Waals surface area contributed by atoms with Gasteiger partial charge in [-0.3, -0.25) is 14.0 Å². The molecule has 36 heavy (non-hydrogen) atoms. The van der Waals surface area contributed by atoms with Crippen LogP contribution in [0.3, 0.4) is 0 Å². The highest BCUT2D eigenvalue weighted by Gasteiger charge is 2.23. The number of amides is 1. The van der Waals surface area contributed by atoms with Crippen LogP contribution >= 0.6 is 11.3 Å². The molecule has 1 fully saturated rings. The van der Waals surface area contributed by atoms with Crippen molar-refractivity contribution in [3.63, 3.8) is 0 Å². The molecule has 4 rings (SSSR count). The van der Waals surface area contributed by atoms with Crippen LogP contribution < -0.4 is 21.4 Å². The highest BCUT2D eigenvalue weighted by atomic mass is 35.5. The third-order valence-corrected chi connectivity index (χ3v) is 9.03. The van der Waals surface area contributed by atoms with Crippen LogP contribution in [0, 0.1) is 0 Å². The average Bonchev–Trinajstić information content (AvgIpc) is 3.44. The van der Waals surface area contributed by atoms with Gasteiger partial charge in [0.2, 0.25) is 0 Å².